The van der Waals surface area contributed by atoms with Gasteiger partial charge in [-0.3, -0.25) is 4.79 Å². The van der Waals surface area contributed by atoms with E-state index < -0.39 is 0 Å². The van der Waals surface area contributed by atoms with Crippen LogP contribution >= 0.6 is 23.5 Å². The molecule has 0 saturated carbocycles. The van der Waals surface area contributed by atoms with Crippen molar-refractivity contribution in [2.24, 2.45) is 5.10 Å². The van der Waals surface area contributed by atoms with Crippen molar-refractivity contribution < 1.29 is 4.79 Å². The van der Waals surface area contributed by atoms with Crippen LogP contribution in [-0.4, -0.2) is 32.9 Å². The number of carbonyl (C=O) groups is 1. The Kier molecular flexibility index (Phi) is 8.40. The van der Waals surface area contributed by atoms with Crippen LogP contribution < -0.4 is 5.01 Å². The van der Waals surface area contributed by atoms with E-state index in [4.69, 9.17) is 10.2 Å². The molecule has 7 heteroatoms. The Morgan fingerprint density at radius 1 is 0.762 bits per heavy atom. The van der Waals surface area contributed by atoms with Gasteiger partial charge in [0.25, 0.3) is 5.91 Å². The summed E-state index contributed by atoms with van der Waals surface area (Å²) in [7, 11) is 0. The van der Waals surface area contributed by atoms with Gasteiger partial charge in [0.2, 0.25) is 0 Å². The lowest BCUT2D eigenvalue weighted by Crippen LogP contribution is -2.21. The fourth-order valence-corrected chi connectivity index (χ4v) is 6.21. The average Bonchev–Trinajstić information content (AvgIpc) is 3.59. The SMILES string of the molecule is CCSc1ccc(-c2nn(-c3ccccc3)cc2C=C2C(=O)N(c3ccccc3)N=C2CSc2ccc(C)cc2)cc1. The van der Waals surface area contributed by atoms with Crippen molar-refractivity contribution in [3.8, 4) is 16.9 Å². The molecule has 1 aromatic heterocycles. The van der Waals surface area contributed by atoms with E-state index in [1.165, 1.54) is 15.5 Å². The molecule has 0 saturated heterocycles. The van der Waals surface area contributed by atoms with Crippen molar-refractivity contribution in [3.05, 3.63) is 132 Å². The van der Waals surface area contributed by atoms with Crippen LogP contribution in [0.4, 0.5) is 5.69 Å². The van der Waals surface area contributed by atoms with Crippen molar-refractivity contribution in [1.82, 2.24) is 9.78 Å². The summed E-state index contributed by atoms with van der Waals surface area (Å²) in [6.45, 7) is 4.23. The Bertz CT molecular complexity index is 1740. The van der Waals surface area contributed by atoms with Crippen LogP contribution in [0.1, 0.15) is 18.1 Å². The number of carbonyl (C=O) groups excluding carboxylic acids is 1. The van der Waals surface area contributed by atoms with Crippen LogP contribution in [0.25, 0.3) is 23.0 Å². The molecule has 5 nitrogen and oxygen atoms in total. The molecule has 1 aliphatic rings. The molecule has 0 bridgehead atoms. The molecular weight excluding hydrogens is 557 g/mol. The number of hydrogen-bond acceptors (Lipinski definition) is 5. The molecule has 6 rings (SSSR count). The second-order valence-corrected chi connectivity index (χ2v) is 12.2. The van der Waals surface area contributed by atoms with Crippen LogP contribution in [-0.2, 0) is 4.79 Å². The van der Waals surface area contributed by atoms with Crippen LogP contribution in [0.5, 0.6) is 0 Å². The summed E-state index contributed by atoms with van der Waals surface area (Å²) in [6, 6.07) is 36.5. The van der Waals surface area contributed by atoms with Gasteiger partial charge in [-0.2, -0.15) is 15.2 Å². The van der Waals surface area contributed by atoms with Gasteiger partial charge in [0, 0.05) is 32.9 Å². The quantitative estimate of drug-likeness (QED) is 0.128. The van der Waals surface area contributed by atoms with Gasteiger partial charge in [-0.15, -0.1) is 23.5 Å². The van der Waals surface area contributed by atoms with Gasteiger partial charge >= 0.3 is 0 Å². The molecule has 2 heterocycles. The summed E-state index contributed by atoms with van der Waals surface area (Å²) in [5.41, 5.74) is 6.90. The Morgan fingerprint density at radius 2 is 1.38 bits per heavy atom. The number of hydrogen-bond donors (Lipinski definition) is 0. The maximum absolute atomic E-state index is 13.9. The van der Waals surface area contributed by atoms with E-state index in [9.17, 15) is 4.79 Å². The van der Waals surface area contributed by atoms with Crippen molar-refractivity contribution in [1.29, 1.82) is 0 Å². The minimum Gasteiger partial charge on any atom is -0.267 e. The van der Waals surface area contributed by atoms with Crippen molar-refractivity contribution in [3.63, 3.8) is 0 Å². The molecule has 0 radical (unpaired) electrons. The van der Waals surface area contributed by atoms with E-state index in [0.717, 1.165) is 44.6 Å². The minimum absolute atomic E-state index is 0.145. The van der Waals surface area contributed by atoms with Gasteiger partial charge in [0.05, 0.1) is 28.4 Å². The molecule has 4 aromatic carbocycles. The Balaban J connectivity index is 1.42. The van der Waals surface area contributed by atoms with Gasteiger partial charge in [-0.05, 0) is 67.3 Å². The first kappa shape index (κ1) is 27.8. The third-order valence-corrected chi connectivity index (χ3v) is 8.77. The van der Waals surface area contributed by atoms with Gasteiger partial charge < -0.3 is 0 Å². The molecule has 0 N–H and O–H groups in total. The number of hydrazone groups is 1. The lowest BCUT2D eigenvalue weighted by molar-refractivity contribution is -0.114. The van der Waals surface area contributed by atoms with Crippen LogP contribution in [0.2, 0.25) is 0 Å². The predicted octanol–water partition coefficient (Wildman–Crippen LogP) is 8.54. The number of amides is 1. The average molecular weight is 587 g/mol. The van der Waals surface area contributed by atoms with Crippen molar-refractivity contribution >= 4 is 46.9 Å². The third kappa shape index (κ3) is 6.12. The van der Waals surface area contributed by atoms with E-state index in [-0.39, 0.29) is 5.91 Å². The number of para-hydroxylation sites is 2. The van der Waals surface area contributed by atoms with Gasteiger partial charge in [-0.1, -0.05) is 73.2 Å². The monoisotopic (exact) mass is 586 g/mol. The van der Waals surface area contributed by atoms with Gasteiger partial charge in [0.1, 0.15) is 0 Å². The molecule has 0 aliphatic carbocycles. The topological polar surface area (TPSA) is 50.5 Å². The first-order valence-corrected chi connectivity index (χ1v) is 15.8. The number of aromatic nitrogens is 2. The normalized spacial score (nSPS) is 14.0. The highest BCUT2D eigenvalue weighted by Crippen LogP contribution is 2.32. The van der Waals surface area contributed by atoms with Crippen LogP contribution in [0, 0.1) is 6.92 Å². The highest BCUT2D eigenvalue weighted by Gasteiger charge is 2.31. The fraction of sp³-hybridized carbons (Fsp3) is 0.114. The van der Waals surface area contributed by atoms with Gasteiger partial charge in [-0.25, -0.2) is 4.68 Å². The number of benzene rings is 4. The van der Waals surface area contributed by atoms with E-state index in [1.54, 1.807) is 11.8 Å². The Morgan fingerprint density at radius 3 is 2.05 bits per heavy atom. The zero-order valence-corrected chi connectivity index (χ0v) is 25.1. The number of aryl methyl sites for hydroxylation is 1. The summed E-state index contributed by atoms with van der Waals surface area (Å²) in [5, 5.41) is 11.3. The van der Waals surface area contributed by atoms with E-state index in [1.807, 2.05) is 89.4 Å². The highest BCUT2D eigenvalue weighted by atomic mass is 32.2. The highest BCUT2D eigenvalue weighted by molar-refractivity contribution is 8.00. The summed E-state index contributed by atoms with van der Waals surface area (Å²) < 4.78 is 1.88. The molecule has 1 amide bonds. The van der Waals surface area contributed by atoms with Crippen LogP contribution in [0.15, 0.2) is 136 Å². The lowest BCUT2D eigenvalue weighted by atomic mass is 10.0. The predicted molar refractivity (Wildman–Crippen MR) is 177 cm³/mol. The smallest absolute Gasteiger partial charge is 0.267 e. The number of thioether (sulfide) groups is 2. The molecule has 42 heavy (non-hydrogen) atoms. The second-order valence-electron chi connectivity index (χ2n) is 9.83. The molecule has 0 spiro atoms. The maximum Gasteiger partial charge on any atom is 0.280 e. The van der Waals surface area contributed by atoms with Crippen molar-refractivity contribution in [2.45, 2.75) is 23.6 Å². The Hall–Kier alpha value is -4.33. The van der Waals surface area contributed by atoms with E-state index in [0.29, 0.717) is 11.3 Å². The number of rotatable bonds is 9. The van der Waals surface area contributed by atoms with E-state index in [2.05, 4.69) is 62.4 Å². The van der Waals surface area contributed by atoms with Crippen molar-refractivity contribution in [2.75, 3.05) is 16.5 Å². The first-order chi connectivity index (χ1) is 20.6. The lowest BCUT2D eigenvalue weighted by Gasteiger charge is -2.11. The molecule has 1 aliphatic heterocycles. The second kappa shape index (κ2) is 12.7. The molecule has 208 valence electrons. The van der Waals surface area contributed by atoms with Crippen LogP contribution in [0.3, 0.4) is 0 Å². The molecule has 0 unspecified atom stereocenters. The summed E-state index contributed by atoms with van der Waals surface area (Å²) in [4.78, 5) is 16.3. The molecule has 0 atom stereocenters. The Labute approximate surface area is 255 Å². The summed E-state index contributed by atoms with van der Waals surface area (Å²) in [5.74, 6) is 1.44. The zero-order chi connectivity index (χ0) is 28.9. The summed E-state index contributed by atoms with van der Waals surface area (Å²) in [6.07, 6.45) is 3.95. The zero-order valence-electron chi connectivity index (χ0n) is 23.5. The molecule has 5 aromatic rings. The number of nitrogens with zero attached hydrogens (tertiary/aromatic N) is 4. The summed E-state index contributed by atoms with van der Waals surface area (Å²) >= 11 is 3.48. The number of anilines is 1. The molecular formula is C35H30N4OS2. The standard InChI is InChI=1S/C35H30N4OS2/c1-3-41-30-20-16-26(17-21-30)34-27(23-38(37-34)28-10-6-4-7-11-28)22-32-33(24-42-31-18-14-25(2)15-19-31)36-39(35(32)40)29-12-8-5-9-13-29/h4-23H,3,24H2,1-2H3. The fourth-order valence-electron chi connectivity index (χ4n) is 4.70. The third-order valence-electron chi connectivity index (χ3n) is 6.85. The maximum atomic E-state index is 13.9. The largest absolute Gasteiger partial charge is 0.280 e. The minimum atomic E-state index is -0.145. The van der Waals surface area contributed by atoms with E-state index >= 15 is 0 Å². The first-order valence-electron chi connectivity index (χ1n) is 13.9. The van der Waals surface area contributed by atoms with Gasteiger partial charge in [0.15, 0.2) is 0 Å². The molecule has 0 fully saturated rings.